The molecule has 1 saturated carbocycles. The van der Waals surface area contributed by atoms with Crippen LogP contribution in [0.2, 0.25) is 5.02 Å². The molecule has 13 heteroatoms. The van der Waals surface area contributed by atoms with E-state index in [1.807, 2.05) is 37.3 Å². The minimum Gasteiger partial charge on any atom is -0.369 e. The molecule has 0 amide bonds. The van der Waals surface area contributed by atoms with E-state index in [2.05, 4.69) is 65.8 Å². The van der Waals surface area contributed by atoms with Crippen molar-refractivity contribution in [1.29, 1.82) is 0 Å². The van der Waals surface area contributed by atoms with Crippen molar-refractivity contribution < 1.29 is 13.3 Å². The number of benzene rings is 4. The fourth-order valence-corrected chi connectivity index (χ4v) is 9.00. The number of sulfonamides is 1. The van der Waals surface area contributed by atoms with E-state index < -0.39 is 14.9 Å². The van der Waals surface area contributed by atoms with E-state index in [9.17, 15) is 18.5 Å². The molecule has 54 heavy (non-hydrogen) atoms. The SMILES string of the molecule is CCCN(CC1CCCCC1)c1ccc(S(=O)(=O)Nc2ncnc3cc(N4CCN(Cc5ccccc5-c5ccc(Cl)cc5)CC4)ccc23)cc1[N+](=O)[O-]. The van der Waals surface area contributed by atoms with Crippen LogP contribution in [0.4, 0.5) is 22.9 Å². The van der Waals surface area contributed by atoms with Crippen molar-refractivity contribution in [2.75, 3.05) is 53.8 Å². The van der Waals surface area contributed by atoms with Crippen LogP contribution in [0.5, 0.6) is 0 Å². The number of anilines is 3. The summed E-state index contributed by atoms with van der Waals surface area (Å²) < 4.78 is 30.0. The van der Waals surface area contributed by atoms with Crippen molar-refractivity contribution in [3.8, 4) is 11.1 Å². The summed E-state index contributed by atoms with van der Waals surface area (Å²) in [5.41, 5.74) is 5.44. The van der Waals surface area contributed by atoms with E-state index in [0.717, 1.165) is 74.8 Å². The van der Waals surface area contributed by atoms with Gasteiger partial charge in [0.2, 0.25) is 0 Å². The van der Waals surface area contributed by atoms with Crippen molar-refractivity contribution in [2.45, 2.75) is 56.9 Å². The first-order valence-electron chi connectivity index (χ1n) is 18.8. The van der Waals surface area contributed by atoms with Crippen LogP contribution in [0.15, 0.2) is 96.2 Å². The number of nitrogens with zero attached hydrogens (tertiary/aromatic N) is 6. The van der Waals surface area contributed by atoms with Crippen LogP contribution in [-0.4, -0.2) is 67.5 Å². The third kappa shape index (κ3) is 8.61. The van der Waals surface area contributed by atoms with Gasteiger partial charge in [-0.2, -0.15) is 0 Å². The fraction of sp³-hybridized carbons (Fsp3) is 0.366. The third-order valence-electron chi connectivity index (χ3n) is 10.6. The summed E-state index contributed by atoms with van der Waals surface area (Å²) >= 11 is 6.14. The number of piperazine rings is 1. The number of halogens is 1. The largest absolute Gasteiger partial charge is 0.369 e. The molecule has 282 valence electrons. The van der Waals surface area contributed by atoms with Gasteiger partial charge >= 0.3 is 0 Å². The summed E-state index contributed by atoms with van der Waals surface area (Å²) in [5.74, 6) is 0.591. The quantitative estimate of drug-likeness (QED) is 0.0925. The molecule has 0 radical (unpaired) electrons. The van der Waals surface area contributed by atoms with Crippen LogP contribution in [0.1, 0.15) is 51.0 Å². The zero-order valence-corrected chi connectivity index (χ0v) is 32.1. The fourth-order valence-electron chi connectivity index (χ4n) is 7.83. The summed E-state index contributed by atoms with van der Waals surface area (Å²) in [4.78, 5) is 27.2. The number of nitro groups is 1. The zero-order chi connectivity index (χ0) is 37.7. The molecule has 2 fully saturated rings. The van der Waals surface area contributed by atoms with Gasteiger partial charge in [0.15, 0.2) is 5.82 Å². The van der Waals surface area contributed by atoms with Gasteiger partial charge in [-0.25, -0.2) is 18.4 Å². The lowest BCUT2D eigenvalue weighted by Crippen LogP contribution is -2.46. The van der Waals surface area contributed by atoms with Gasteiger partial charge in [-0.15, -0.1) is 0 Å². The molecule has 4 aromatic carbocycles. The Morgan fingerprint density at radius 1 is 0.926 bits per heavy atom. The molecule has 0 bridgehead atoms. The number of nitro benzene ring substituents is 1. The van der Waals surface area contributed by atoms with E-state index in [0.29, 0.717) is 29.1 Å². The van der Waals surface area contributed by atoms with E-state index in [1.165, 1.54) is 48.8 Å². The van der Waals surface area contributed by atoms with Gasteiger partial charge < -0.3 is 9.80 Å². The molecule has 2 heterocycles. The molecule has 0 atom stereocenters. The number of nitrogens with one attached hydrogen (secondary N) is 1. The van der Waals surface area contributed by atoms with Crippen LogP contribution < -0.4 is 14.5 Å². The number of aromatic nitrogens is 2. The topological polar surface area (TPSA) is 125 Å². The summed E-state index contributed by atoms with van der Waals surface area (Å²) in [5, 5.41) is 13.6. The van der Waals surface area contributed by atoms with Crippen LogP contribution in [0.3, 0.4) is 0 Å². The van der Waals surface area contributed by atoms with Crippen molar-refractivity contribution in [1.82, 2.24) is 14.9 Å². The maximum atomic E-state index is 13.7. The molecule has 0 unspecified atom stereocenters. The smallest absolute Gasteiger partial charge is 0.293 e. The highest BCUT2D eigenvalue weighted by molar-refractivity contribution is 7.92. The average Bonchev–Trinajstić information content (AvgIpc) is 3.18. The van der Waals surface area contributed by atoms with Gasteiger partial charge in [-0.3, -0.25) is 19.7 Å². The maximum Gasteiger partial charge on any atom is 0.293 e. The second kappa shape index (κ2) is 16.7. The first-order valence-corrected chi connectivity index (χ1v) is 20.7. The molecule has 0 spiro atoms. The normalized spacial score (nSPS) is 15.7. The lowest BCUT2D eigenvalue weighted by molar-refractivity contribution is -0.384. The molecule has 1 saturated heterocycles. The lowest BCUT2D eigenvalue weighted by Gasteiger charge is -2.36. The Bertz CT molecular complexity index is 2210. The second-order valence-corrected chi connectivity index (χ2v) is 16.4. The number of hydrogen-bond acceptors (Lipinski definition) is 9. The van der Waals surface area contributed by atoms with E-state index in [-0.39, 0.29) is 16.4 Å². The Hall–Kier alpha value is -4.78. The van der Waals surface area contributed by atoms with Crippen molar-refractivity contribution in [3.63, 3.8) is 0 Å². The summed E-state index contributed by atoms with van der Waals surface area (Å²) in [7, 11) is -4.21. The highest BCUT2D eigenvalue weighted by atomic mass is 35.5. The van der Waals surface area contributed by atoms with Crippen molar-refractivity contribution in [2.24, 2.45) is 5.92 Å². The van der Waals surface area contributed by atoms with Gasteiger partial charge in [-0.05, 0) is 84.3 Å². The van der Waals surface area contributed by atoms with Crippen LogP contribution >= 0.6 is 11.6 Å². The standard InChI is InChI=1S/C41H46ClN7O4S/c1-2-20-48(27-30-8-4-3-5-9-30)39-19-17-35(26-40(39)49(50)51)54(52,53)45-41-37-18-16-34(25-38(37)43-29-44-41)47-23-21-46(22-24-47)28-32-10-6-7-11-36(32)31-12-14-33(42)15-13-31/h6-7,10-19,25-26,29-30H,2-5,8-9,20-24,27-28H2,1H3,(H,43,44,45). The Balaban J connectivity index is 1.04. The maximum absolute atomic E-state index is 13.7. The minimum atomic E-state index is -4.21. The molecular formula is C41H46ClN7O4S. The minimum absolute atomic E-state index is 0.118. The Morgan fingerprint density at radius 2 is 1.69 bits per heavy atom. The monoisotopic (exact) mass is 767 g/mol. The van der Waals surface area contributed by atoms with Gasteiger partial charge in [0.1, 0.15) is 12.0 Å². The molecule has 11 nitrogen and oxygen atoms in total. The predicted octanol–water partition coefficient (Wildman–Crippen LogP) is 8.78. The van der Waals surface area contributed by atoms with Crippen LogP contribution in [-0.2, 0) is 16.6 Å². The molecule has 5 aromatic rings. The molecule has 1 N–H and O–H groups in total. The zero-order valence-electron chi connectivity index (χ0n) is 30.5. The molecular weight excluding hydrogens is 722 g/mol. The van der Waals surface area contributed by atoms with Gasteiger partial charge in [0.05, 0.1) is 15.3 Å². The van der Waals surface area contributed by atoms with E-state index in [4.69, 9.17) is 11.6 Å². The number of fused-ring (bicyclic) bond motifs is 1. The average molecular weight is 768 g/mol. The van der Waals surface area contributed by atoms with Gasteiger partial charge in [0, 0.05) is 68.0 Å². The molecule has 7 rings (SSSR count). The molecule has 2 aliphatic rings. The van der Waals surface area contributed by atoms with Gasteiger partial charge in [-0.1, -0.05) is 74.2 Å². The first-order chi connectivity index (χ1) is 26.2. The van der Waals surface area contributed by atoms with Crippen molar-refractivity contribution >= 4 is 55.4 Å². The number of hydrogen-bond donors (Lipinski definition) is 1. The van der Waals surface area contributed by atoms with Crippen LogP contribution in [0, 0.1) is 16.0 Å². The summed E-state index contributed by atoms with van der Waals surface area (Å²) in [6, 6.07) is 26.4. The first kappa shape index (κ1) is 37.5. The third-order valence-corrected chi connectivity index (χ3v) is 12.2. The highest BCUT2D eigenvalue weighted by Gasteiger charge is 2.27. The van der Waals surface area contributed by atoms with Gasteiger partial charge in [0.25, 0.3) is 15.7 Å². The predicted molar refractivity (Wildman–Crippen MR) is 217 cm³/mol. The van der Waals surface area contributed by atoms with E-state index >= 15 is 0 Å². The molecule has 1 aromatic heterocycles. The Labute approximate surface area is 322 Å². The summed E-state index contributed by atoms with van der Waals surface area (Å²) in [6.07, 6.45) is 7.95. The molecule has 1 aliphatic heterocycles. The Morgan fingerprint density at radius 3 is 2.43 bits per heavy atom. The lowest BCUT2D eigenvalue weighted by atomic mass is 9.89. The second-order valence-electron chi connectivity index (χ2n) is 14.3. The highest BCUT2D eigenvalue weighted by Crippen LogP contribution is 2.35. The van der Waals surface area contributed by atoms with Crippen LogP contribution in [0.25, 0.3) is 22.0 Å². The van der Waals surface area contributed by atoms with E-state index in [1.54, 1.807) is 6.07 Å². The number of rotatable bonds is 13. The van der Waals surface area contributed by atoms with Crippen molar-refractivity contribution in [3.05, 3.63) is 112 Å². The molecule has 1 aliphatic carbocycles. The Kier molecular flexibility index (Phi) is 11.6. The summed E-state index contributed by atoms with van der Waals surface area (Å²) in [6.45, 7) is 7.67.